The number of ether oxygens (including phenoxy) is 2. The Morgan fingerprint density at radius 3 is 1.42 bits per heavy atom. The fraction of sp³-hybridized carbons (Fsp3) is 0.364. The van der Waals surface area contributed by atoms with Gasteiger partial charge in [-0.3, -0.25) is 9.98 Å². The van der Waals surface area contributed by atoms with Crippen molar-refractivity contribution in [1.29, 1.82) is 0 Å². The van der Waals surface area contributed by atoms with Gasteiger partial charge in [-0.1, -0.05) is 23.6 Å². The minimum atomic E-state index is -4.94. The standard InChI is InChI=1S/C22H30N4O4.ClHO4.Fe/c1-29-19-3-5-21(27)17(13-19)15-25-11-9-23-7-8-24-10-12-26-16-18-14-20(30-2)4-6-22(18)28;2-1(3,4)5;/h3-6,13-16,23-24,27-28H,7-12H2,1-2H3;(H,2,3,4,5);/q;;+5/p-3. The van der Waals surface area contributed by atoms with E-state index >= 15 is 0 Å². The molecule has 36 heavy (non-hydrogen) atoms. The number of aliphatic imine (C=N–C) groups is 2. The quantitative estimate of drug-likeness (QED) is 0.136. The van der Waals surface area contributed by atoms with Crippen LogP contribution in [-0.2, 0) is 17.1 Å². The fourth-order valence-corrected chi connectivity index (χ4v) is 2.55. The maximum absolute atomic E-state index is 11.7. The third-order valence-electron chi connectivity index (χ3n) is 4.21. The van der Waals surface area contributed by atoms with Gasteiger partial charge in [-0.15, -0.1) is 10.2 Å². The van der Waals surface area contributed by atoms with E-state index in [1.807, 2.05) is 0 Å². The summed E-state index contributed by atoms with van der Waals surface area (Å²) in [5, 5.41) is 30.0. The normalized spacial score (nSPS) is 11.2. The van der Waals surface area contributed by atoms with Crippen LogP contribution in [0.25, 0.3) is 0 Å². The van der Waals surface area contributed by atoms with Crippen molar-refractivity contribution in [2.75, 3.05) is 53.5 Å². The Morgan fingerprint density at radius 1 is 0.722 bits per heavy atom. The molecule has 0 saturated heterocycles. The van der Waals surface area contributed by atoms with Crippen LogP contribution in [0.1, 0.15) is 11.1 Å². The van der Waals surface area contributed by atoms with Crippen molar-refractivity contribution in [1.82, 2.24) is 10.6 Å². The van der Waals surface area contributed by atoms with Crippen molar-refractivity contribution in [2.45, 2.75) is 0 Å². The molecular weight excluding hydrogens is 540 g/mol. The van der Waals surface area contributed by atoms with E-state index in [9.17, 15) is 10.2 Å². The zero-order valence-corrected chi connectivity index (χ0v) is 21.6. The Hall–Kier alpha value is -2.45. The molecule has 0 atom stereocenters. The van der Waals surface area contributed by atoms with E-state index in [0.717, 1.165) is 26.2 Å². The molecule has 0 aromatic heterocycles. The number of hydrogen-bond acceptors (Lipinski definition) is 12. The summed E-state index contributed by atoms with van der Waals surface area (Å²) in [5.74, 6) is 1.14. The van der Waals surface area contributed by atoms with Gasteiger partial charge in [0.25, 0.3) is 0 Å². The van der Waals surface area contributed by atoms with Crippen molar-refractivity contribution >= 4 is 12.4 Å². The average molecular weight is 568 g/mol. The largest absolute Gasteiger partial charge is 5.00 e. The number of rotatable bonds is 13. The first-order valence-corrected chi connectivity index (χ1v) is 11.6. The molecule has 0 heterocycles. The number of nitrogens with one attached hydrogen (secondary N) is 2. The van der Waals surface area contributed by atoms with E-state index in [1.54, 1.807) is 50.9 Å². The van der Waals surface area contributed by atoms with Crippen LogP contribution in [-0.4, -0.2) is 65.9 Å². The van der Waals surface area contributed by atoms with E-state index in [0.29, 0.717) is 35.7 Å². The van der Waals surface area contributed by atoms with E-state index in [4.69, 9.17) is 28.1 Å². The molecule has 2 N–H and O–H groups in total. The van der Waals surface area contributed by atoms with Gasteiger partial charge >= 0.3 is 17.1 Å². The van der Waals surface area contributed by atoms with Gasteiger partial charge in [0.2, 0.25) is 0 Å². The van der Waals surface area contributed by atoms with Gasteiger partial charge < -0.3 is 30.3 Å². The summed E-state index contributed by atoms with van der Waals surface area (Å²) in [6.45, 7) is 4.20. The van der Waals surface area contributed by atoms with Gasteiger partial charge in [0.15, 0.2) is 0 Å². The molecule has 1 radical (unpaired) electrons. The first kappa shape index (κ1) is 33.5. The SMILES string of the molecule is COc1ccc([O-])c(C=NCCNCCNCCN=Cc2cc(OC)ccc2[O-])c1.[Fe+5].[O-][Cl+3]([O-])([O-])[O-]. The number of methoxy groups -OCH3 is 2. The van der Waals surface area contributed by atoms with Crippen LogP contribution in [0.3, 0.4) is 0 Å². The molecule has 2 rings (SSSR count). The number of nitrogens with zero attached hydrogens (tertiary/aromatic N) is 2. The molecule has 0 saturated carbocycles. The molecule has 0 aliphatic heterocycles. The predicted molar refractivity (Wildman–Crippen MR) is 116 cm³/mol. The Labute approximate surface area is 222 Å². The second-order valence-corrected chi connectivity index (χ2v) is 7.51. The van der Waals surface area contributed by atoms with E-state index in [1.165, 1.54) is 12.1 Å². The minimum absolute atomic E-state index is 0. The van der Waals surface area contributed by atoms with Crippen LogP contribution in [0.2, 0.25) is 0 Å². The fourth-order valence-electron chi connectivity index (χ4n) is 2.55. The number of hydrogen-bond donors (Lipinski definition) is 2. The van der Waals surface area contributed by atoms with Crippen LogP contribution in [0.4, 0.5) is 0 Å². The van der Waals surface area contributed by atoms with Gasteiger partial charge in [0.1, 0.15) is 11.5 Å². The molecule has 0 fully saturated rings. The first-order chi connectivity index (χ1) is 16.6. The zero-order valence-electron chi connectivity index (χ0n) is 19.8. The van der Waals surface area contributed by atoms with Crippen LogP contribution < -0.4 is 49.0 Å². The summed E-state index contributed by atoms with van der Waals surface area (Å²) in [7, 11) is -1.82. The van der Waals surface area contributed by atoms with E-state index < -0.39 is 10.2 Å². The molecule has 0 unspecified atom stereocenters. The molecule has 0 amide bonds. The Morgan fingerprint density at radius 2 is 1.08 bits per heavy atom. The number of halogens is 1. The van der Waals surface area contributed by atoms with E-state index in [2.05, 4.69) is 20.6 Å². The predicted octanol–water partition coefficient (Wildman–Crippen LogP) is -4.19. The van der Waals surface area contributed by atoms with Crippen molar-refractivity contribution < 1.29 is 65.6 Å². The topological polar surface area (TPSA) is 206 Å². The summed E-state index contributed by atoms with van der Waals surface area (Å²) < 4.78 is 44.2. The molecule has 2 aromatic carbocycles. The van der Waals surface area contributed by atoms with Crippen molar-refractivity contribution in [3.8, 4) is 23.0 Å². The third-order valence-corrected chi connectivity index (χ3v) is 4.21. The Bertz CT molecular complexity index is 869. The van der Waals surface area contributed by atoms with Gasteiger partial charge in [0, 0.05) is 38.6 Å². The van der Waals surface area contributed by atoms with Crippen molar-refractivity contribution in [2.24, 2.45) is 9.98 Å². The summed E-state index contributed by atoms with van der Waals surface area (Å²) in [6.07, 6.45) is 3.16. The van der Waals surface area contributed by atoms with E-state index in [-0.39, 0.29) is 28.6 Å². The third kappa shape index (κ3) is 16.3. The Kier molecular flexibility index (Phi) is 17.5. The summed E-state index contributed by atoms with van der Waals surface area (Å²) in [4.78, 5) is 8.53. The van der Waals surface area contributed by atoms with Crippen LogP contribution in [0.15, 0.2) is 46.4 Å². The van der Waals surface area contributed by atoms with Crippen molar-refractivity contribution in [3.05, 3.63) is 47.5 Å². The molecule has 0 aliphatic carbocycles. The zero-order chi connectivity index (χ0) is 26.1. The van der Waals surface area contributed by atoms with Gasteiger partial charge in [-0.2, -0.15) is 0 Å². The molecular formula is C22H28ClFeN4O8+2. The van der Waals surface area contributed by atoms with Crippen LogP contribution in [0, 0.1) is 10.2 Å². The second-order valence-electron chi connectivity index (χ2n) is 6.76. The molecule has 0 spiro atoms. The minimum Gasteiger partial charge on any atom is -0.872 e. The molecule has 0 aliphatic rings. The molecule has 197 valence electrons. The summed E-state index contributed by atoms with van der Waals surface area (Å²) in [5.41, 5.74) is 1.05. The molecule has 0 bridgehead atoms. The maximum atomic E-state index is 11.7. The molecule has 12 nitrogen and oxygen atoms in total. The smallest absolute Gasteiger partial charge is 0.872 e. The molecule has 14 heteroatoms. The Balaban J connectivity index is 0.00000185. The van der Waals surface area contributed by atoms with Crippen LogP contribution in [0.5, 0.6) is 23.0 Å². The first-order valence-electron chi connectivity index (χ1n) is 10.4. The average Bonchev–Trinajstić information content (AvgIpc) is 2.80. The monoisotopic (exact) mass is 567 g/mol. The van der Waals surface area contributed by atoms with Crippen LogP contribution >= 0.6 is 0 Å². The van der Waals surface area contributed by atoms with Gasteiger partial charge in [-0.05, 0) is 35.4 Å². The number of benzene rings is 2. The summed E-state index contributed by atoms with van der Waals surface area (Å²) >= 11 is 0. The van der Waals surface area contributed by atoms with Gasteiger partial charge in [-0.25, -0.2) is 18.6 Å². The summed E-state index contributed by atoms with van der Waals surface area (Å²) in [6, 6.07) is 9.59. The van der Waals surface area contributed by atoms with Gasteiger partial charge in [0.05, 0.1) is 27.3 Å². The maximum Gasteiger partial charge on any atom is 5.00 e. The second kappa shape index (κ2) is 18.8. The van der Waals surface area contributed by atoms with Crippen molar-refractivity contribution in [3.63, 3.8) is 0 Å². The molecule has 2 aromatic rings.